The van der Waals surface area contributed by atoms with Crippen molar-refractivity contribution in [1.29, 1.82) is 0 Å². The highest BCUT2D eigenvalue weighted by molar-refractivity contribution is 14.1. The van der Waals surface area contributed by atoms with Gasteiger partial charge in [-0.05, 0) is 0 Å². The zero-order valence-corrected chi connectivity index (χ0v) is 7.48. The van der Waals surface area contributed by atoms with Gasteiger partial charge >= 0.3 is 0 Å². The molecule has 55 valence electrons. The van der Waals surface area contributed by atoms with Crippen LogP contribution in [-0.2, 0) is 0 Å². The lowest BCUT2D eigenvalue weighted by Gasteiger charge is -1.94. The van der Waals surface area contributed by atoms with Gasteiger partial charge in [-0.3, -0.25) is 0 Å². The maximum atomic E-state index is 5.51. The van der Waals surface area contributed by atoms with Crippen molar-refractivity contribution in [3.63, 3.8) is 0 Å². The van der Waals surface area contributed by atoms with Crippen molar-refractivity contribution in [1.82, 2.24) is 15.3 Å². The Labute approximate surface area is 76.3 Å². The van der Waals surface area contributed by atoms with Crippen molar-refractivity contribution >= 4 is 43.8 Å². The first kappa shape index (κ1) is 6.77. The molecule has 11 heavy (non-hydrogen) atoms. The summed E-state index contributed by atoms with van der Waals surface area (Å²) in [6, 6.07) is 0. The third-order valence-electron chi connectivity index (χ3n) is 1.23. The predicted molar refractivity (Wildman–Crippen MR) is 49.4 cm³/mol. The van der Waals surface area contributed by atoms with Crippen LogP contribution in [0.25, 0.3) is 0 Å². The molecule has 1 radical (unpaired) electrons. The largest absolute Gasteiger partial charge is 0.382 e. The summed E-state index contributed by atoms with van der Waals surface area (Å²) in [5, 5.41) is 4.02. The normalized spacial score (nSPS) is 13.7. The van der Waals surface area contributed by atoms with Gasteiger partial charge in [0.25, 0.3) is 0 Å². The molecular weight excluding hydrogens is 257 g/mol. The first-order valence-electron chi connectivity index (χ1n) is 2.84. The lowest BCUT2D eigenvalue weighted by Crippen LogP contribution is -1.97. The monoisotopic (exact) mass is 260 g/mol. The Balaban J connectivity index is 2.61. The Kier molecular flexibility index (Phi) is 1.41. The standard InChI is InChI=1S/C5H3IN5/c6-5-10-2-3(7)8-1-9-4(2)11-5/h1H,(H2,7,8,9). The van der Waals surface area contributed by atoms with Gasteiger partial charge in [0.05, 0.1) is 0 Å². The molecule has 1 aliphatic heterocycles. The molecule has 2 N–H and O–H groups in total. The summed E-state index contributed by atoms with van der Waals surface area (Å²) in [6.07, 6.45) is 1.38. The smallest absolute Gasteiger partial charge is 0.193 e. The molecule has 0 amide bonds. The minimum Gasteiger partial charge on any atom is -0.382 e. The van der Waals surface area contributed by atoms with Crippen molar-refractivity contribution in [3.05, 3.63) is 6.33 Å². The lowest BCUT2D eigenvalue weighted by molar-refractivity contribution is 1.12. The average molecular weight is 260 g/mol. The van der Waals surface area contributed by atoms with E-state index in [-0.39, 0.29) is 0 Å². The number of nitrogen functional groups attached to an aromatic ring is 1. The number of anilines is 1. The molecule has 0 bridgehead atoms. The summed E-state index contributed by atoms with van der Waals surface area (Å²) < 4.78 is 0.643. The topological polar surface area (TPSA) is 78.3 Å². The van der Waals surface area contributed by atoms with Crippen LogP contribution in [0.1, 0.15) is 0 Å². The van der Waals surface area contributed by atoms with Crippen LogP contribution < -0.4 is 11.1 Å². The molecule has 0 fully saturated rings. The summed E-state index contributed by atoms with van der Waals surface area (Å²) >= 11 is 2.00. The van der Waals surface area contributed by atoms with Gasteiger partial charge in [0.2, 0.25) is 0 Å². The van der Waals surface area contributed by atoms with Crippen LogP contribution in [-0.4, -0.2) is 13.8 Å². The quantitative estimate of drug-likeness (QED) is 0.551. The second-order valence-corrected chi connectivity index (χ2v) is 2.89. The van der Waals surface area contributed by atoms with Crippen molar-refractivity contribution in [3.8, 4) is 0 Å². The van der Waals surface area contributed by atoms with E-state index in [2.05, 4.69) is 20.3 Å². The van der Waals surface area contributed by atoms with Crippen LogP contribution in [0.3, 0.4) is 0 Å². The van der Waals surface area contributed by atoms with Crippen molar-refractivity contribution in [2.45, 2.75) is 0 Å². The Morgan fingerprint density at radius 1 is 1.36 bits per heavy atom. The van der Waals surface area contributed by atoms with E-state index in [1.807, 2.05) is 22.6 Å². The minimum absolute atomic E-state index is 0.380. The highest BCUT2D eigenvalue weighted by Crippen LogP contribution is 2.33. The van der Waals surface area contributed by atoms with Crippen molar-refractivity contribution < 1.29 is 0 Å². The molecule has 0 saturated heterocycles. The molecule has 1 aromatic rings. The summed E-state index contributed by atoms with van der Waals surface area (Å²) in [4.78, 5) is 11.7. The first-order valence-corrected chi connectivity index (χ1v) is 3.91. The van der Waals surface area contributed by atoms with E-state index in [9.17, 15) is 0 Å². The molecule has 1 aromatic heterocycles. The summed E-state index contributed by atoms with van der Waals surface area (Å²) in [5.74, 6) is 0.937. The highest BCUT2D eigenvalue weighted by Gasteiger charge is 2.17. The number of amidine groups is 1. The van der Waals surface area contributed by atoms with E-state index in [4.69, 9.17) is 5.73 Å². The van der Waals surface area contributed by atoms with Crippen LogP contribution in [0.2, 0.25) is 0 Å². The second-order valence-electron chi connectivity index (χ2n) is 1.92. The molecule has 0 aromatic carbocycles. The molecule has 6 heteroatoms. The highest BCUT2D eigenvalue weighted by atomic mass is 127. The molecule has 0 unspecified atom stereocenters. The van der Waals surface area contributed by atoms with Gasteiger partial charge < -0.3 is 5.73 Å². The second kappa shape index (κ2) is 2.29. The summed E-state index contributed by atoms with van der Waals surface area (Å²) in [7, 11) is 0. The van der Waals surface area contributed by atoms with Crippen LogP contribution in [0, 0.1) is 0 Å². The Morgan fingerprint density at radius 2 is 2.18 bits per heavy atom. The van der Waals surface area contributed by atoms with Gasteiger partial charge in [-0.2, -0.15) is 0 Å². The van der Waals surface area contributed by atoms with Gasteiger partial charge in [0.15, 0.2) is 21.2 Å². The number of fused-ring (bicyclic) bond motifs is 1. The Bertz CT molecular complexity index is 334. The minimum atomic E-state index is 0.380. The number of nitrogens with two attached hydrogens (primary N) is 1. The van der Waals surface area contributed by atoms with Gasteiger partial charge in [-0.25, -0.2) is 20.3 Å². The molecule has 1 aliphatic rings. The number of rotatable bonds is 0. The zero-order chi connectivity index (χ0) is 7.84. The molecule has 5 nitrogen and oxygen atoms in total. The van der Waals surface area contributed by atoms with Crippen LogP contribution >= 0.6 is 22.6 Å². The zero-order valence-electron chi connectivity index (χ0n) is 5.32. The number of aliphatic imine (C=N–C) groups is 1. The fourth-order valence-electron chi connectivity index (χ4n) is 0.776. The SMILES string of the molecule is Nc1ncnc2c1N=C(I)[N]2. The number of nitrogens with zero attached hydrogens (tertiary/aromatic N) is 4. The maximum Gasteiger partial charge on any atom is 0.193 e. The van der Waals surface area contributed by atoms with E-state index in [1.165, 1.54) is 6.33 Å². The number of halogens is 1. The molecule has 0 saturated carbocycles. The van der Waals surface area contributed by atoms with Gasteiger partial charge in [0, 0.05) is 22.6 Å². The lowest BCUT2D eigenvalue weighted by atomic mass is 10.4. The van der Waals surface area contributed by atoms with Gasteiger partial charge in [-0.1, -0.05) is 0 Å². The van der Waals surface area contributed by atoms with Crippen molar-refractivity contribution in [2.75, 3.05) is 5.73 Å². The number of hydrogen-bond acceptors (Lipinski definition) is 4. The number of hydrogen-bond donors (Lipinski definition) is 1. The van der Waals surface area contributed by atoms with Gasteiger partial charge in [-0.15, -0.1) is 0 Å². The van der Waals surface area contributed by atoms with Crippen LogP contribution in [0.4, 0.5) is 17.3 Å². The Hall–Kier alpha value is -0.920. The van der Waals surface area contributed by atoms with E-state index >= 15 is 0 Å². The molecular formula is C5H3IN5. The summed E-state index contributed by atoms with van der Waals surface area (Å²) in [6.45, 7) is 0. The van der Waals surface area contributed by atoms with Crippen LogP contribution in [0.5, 0.6) is 0 Å². The van der Waals surface area contributed by atoms with E-state index in [1.54, 1.807) is 0 Å². The van der Waals surface area contributed by atoms with Crippen LogP contribution in [0.15, 0.2) is 11.3 Å². The third-order valence-corrected chi connectivity index (χ3v) is 1.72. The van der Waals surface area contributed by atoms with Crippen molar-refractivity contribution in [2.24, 2.45) is 4.99 Å². The first-order chi connectivity index (χ1) is 5.27. The third kappa shape index (κ3) is 1.02. The van der Waals surface area contributed by atoms with Gasteiger partial charge in [0.1, 0.15) is 6.33 Å². The van der Waals surface area contributed by atoms with E-state index in [0.29, 0.717) is 21.2 Å². The fourth-order valence-corrected chi connectivity index (χ4v) is 1.25. The van der Waals surface area contributed by atoms with E-state index < -0.39 is 0 Å². The average Bonchev–Trinajstić information content (AvgIpc) is 2.31. The maximum absolute atomic E-state index is 5.51. The summed E-state index contributed by atoms with van der Waals surface area (Å²) in [5.41, 5.74) is 6.09. The fraction of sp³-hybridized carbons (Fsp3) is 0. The molecule has 0 aliphatic carbocycles. The molecule has 2 heterocycles. The molecule has 0 atom stereocenters. The predicted octanol–water partition coefficient (Wildman–Crippen LogP) is 0.731. The number of aromatic nitrogens is 2. The molecule has 0 spiro atoms. The Morgan fingerprint density at radius 3 is 2.91 bits per heavy atom. The molecule has 2 rings (SSSR count). The van der Waals surface area contributed by atoms with E-state index in [0.717, 1.165) is 0 Å².